The van der Waals surface area contributed by atoms with Crippen LogP contribution in [0.3, 0.4) is 0 Å². The topological polar surface area (TPSA) is 32.8 Å². The summed E-state index contributed by atoms with van der Waals surface area (Å²) in [6, 6.07) is 12.3. The van der Waals surface area contributed by atoms with E-state index < -0.39 is 6.10 Å². The molecule has 1 aliphatic heterocycles. The molecule has 0 unspecified atom stereocenters. The first-order valence-electron chi connectivity index (χ1n) is 10.6. The van der Waals surface area contributed by atoms with Crippen molar-refractivity contribution >= 4 is 23.2 Å². The van der Waals surface area contributed by atoms with E-state index in [4.69, 9.17) is 16.3 Å². The SMILES string of the molecule is Cc1ccc(Cl)cc1N1CCN(C(=O)[C@H](C)Oc2ccc3c(c2)CCCC3)CC1. The van der Waals surface area contributed by atoms with E-state index in [0.29, 0.717) is 13.1 Å². The number of amides is 1. The van der Waals surface area contributed by atoms with Crippen molar-refractivity contribution in [2.24, 2.45) is 0 Å². The van der Waals surface area contributed by atoms with Gasteiger partial charge in [-0.1, -0.05) is 23.7 Å². The molecule has 154 valence electrons. The van der Waals surface area contributed by atoms with Crippen molar-refractivity contribution in [3.05, 3.63) is 58.1 Å². The number of piperazine rings is 1. The van der Waals surface area contributed by atoms with Crippen LogP contribution in [0.25, 0.3) is 0 Å². The van der Waals surface area contributed by atoms with Crippen molar-refractivity contribution in [3.8, 4) is 5.75 Å². The molecule has 1 fully saturated rings. The smallest absolute Gasteiger partial charge is 0.263 e. The zero-order valence-corrected chi connectivity index (χ0v) is 18.0. The van der Waals surface area contributed by atoms with Gasteiger partial charge in [-0.05, 0) is 80.5 Å². The van der Waals surface area contributed by atoms with Gasteiger partial charge in [0.15, 0.2) is 6.10 Å². The molecule has 0 N–H and O–H groups in total. The number of halogens is 1. The van der Waals surface area contributed by atoms with E-state index in [1.54, 1.807) is 0 Å². The molecule has 0 bridgehead atoms. The third-order valence-electron chi connectivity index (χ3n) is 6.08. The van der Waals surface area contributed by atoms with Crippen molar-refractivity contribution in [2.45, 2.75) is 45.6 Å². The number of fused-ring (bicyclic) bond motifs is 1. The molecule has 1 heterocycles. The van der Waals surface area contributed by atoms with Gasteiger partial charge in [-0.2, -0.15) is 0 Å². The number of aryl methyl sites for hydroxylation is 3. The molecule has 29 heavy (non-hydrogen) atoms. The van der Waals surface area contributed by atoms with Crippen molar-refractivity contribution in [1.29, 1.82) is 0 Å². The number of hydrogen-bond acceptors (Lipinski definition) is 3. The van der Waals surface area contributed by atoms with Gasteiger partial charge in [-0.3, -0.25) is 4.79 Å². The fourth-order valence-corrected chi connectivity index (χ4v) is 4.55. The van der Waals surface area contributed by atoms with Crippen LogP contribution >= 0.6 is 11.6 Å². The highest BCUT2D eigenvalue weighted by molar-refractivity contribution is 6.30. The molecular formula is C24H29ClN2O2. The third kappa shape index (κ3) is 4.53. The summed E-state index contributed by atoms with van der Waals surface area (Å²) in [6.45, 7) is 6.95. The Kier molecular flexibility index (Phi) is 6.00. The van der Waals surface area contributed by atoms with Crippen LogP contribution in [-0.2, 0) is 17.6 Å². The molecule has 2 aromatic rings. The van der Waals surface area contributed by atoms with Gasteiger partial charge < -0.3 is 14.5 Å². The Morgan fingerprint density at radius 2 is 1.72 bits per heavy atom. The summed E-state index contributed by atoms with van der Waals surface area (Å²) in [7, 11) is 0. The first kappa shape index (κ1) is 20.1. The monoisotopic (exact) mass is 412 g/mol. The van der Waals surface area contributed by atoms with Gasteiger partial charge in [0.05, 0.1) is 0 Å². The van der Waals surface area contributed by atoms with Gasteiger partial charge in [-0.15, -0.1) is 0 Å². The van der Waals surface area contributed by atoms with Crippen LogP contribution < -0.4 is 9.64 Å². The van der Waals surface area contributed by atoms with E-state index in [-0.39, 0.29) is 5.91 Å². The Balaban J connectivity index is 1.35. The largest absolute Gasteiger partial charge is 0.481 e. The second kappa shape index (κ2) is 8.66. The van der Waals surface area contributed by atoms with Gasteiger partial charge in [0.1, 0.15) is 5.75 Å². The van der Waals surface area contributed by atoms with Crippen LogP contribution in [0.5, 0.6) is 5.75 Å². The summed E-state index contributed by atoms with van der Waals surface area (Å²) in [5.41, 5.74) is 5.16. The van der Waals surface area contributed by atoms with Crippen molar-refractivity contribution in [3.63, 3.8) is 0 Å². The van der Waals surface area contributed by atoms with Gasteiger partial charge in [0, 0.05) is 36.9 Å². The van der Waals surface area contributed by atoms with Crippen LogP contribution in [0.4, 0.5) is 5.69 Å². The molecule has 1 aliphatic carbocycles. The number of nitrogens with zero attached hydrogens (tertiary/aromatic N) is 2. The molecular weight excluding hydrogens is 384 g/mol. The number of carbonyl (C=O) groups excluding carboxylic acids is 1. The first-order valence-corrected chi connectivity index (χ1v) is 11.0. The maximum atomic E-state index is 12.9. The molecule has 2 aromatic carbocycles. The molecule has 0 spiro atoms. The third-order valence-corrected chi connectivity index (χ3v) is 6.32. The lowest BCUT2D eigenvalue weighted by Gasteiger charge is -2.37. The Hall–Kier alpha value is -2.20. The maximum Gasteiger partial charge on any atom is 0.263 e. The van der Waals surface area contributed by atoms with Crippen LogP contribution in [0.15, 0.2) is 36.4 Å². The van der Waals surface area contributed by atoms with E-state index in [9.17, 15) is 4.79 Å². The molecule has 0 saturated carbocycles. The van der Waals surface area contributed by atoms with E-state index in [2.05, 4.69) is 24.0 Å². The Morgan fingerprint density at radius 3 is 2.48 bits per heavy atom. The lowest BCUT2D eigenvalue weighted by Crippen LogP contribution is -2.52. The molecule has 1 amide bonds. The van der Waals surface area contributed by atoms with Crippen LogP contribution in [0.2, 0.25) is 5.02 Å². The predicted octanol–water partition coefficient (Wildman–Crippen LogP) is 4.64. The average molecular weight is 413 g/mol. The highest BCUT2D eigenvalue weighted by atomic mass is 35.5. The molecule has 0 radical (unpaired) electrons. The van der Waals surface area contributed by atoms with Crippen molar-refractivity contribution in [2.75, 3.05) is 31.1 Å². The van der Waals surface area contributed by atoms with Gasteiger partial charge >= 0.3 is 0 Å². The Morgan fingerprint density at radius 1 is 1.00 bits per heavy atom. The highest BCUT2D eigenvalue weighted by Gasteiger charge is 2.27. The minimum atomic E-state index is -0.476. The first-order chi connectivity index (χ1) is 14.0. The van der Waals surface area contributed by atoms with Crippen LogP contribution in [-0.4, -0.2) is 43.1 Å². The fraction of sp³-hybridized carbons (Fsp3) is 0.458. The summed E-state index contributed by atoms with van der Waals surface area (Å²) in [6.07, 6.45) is 4.29. The van der Waals surface area contributed by atoms with E-state index in [0.717, 1.165) is 42.4 Å². The zero-order valence-electron chi connectivity index (χ0n) is 17.3. The molecule has 5 heteroatoms. The Labute approximate surface area is 178 Å². The highest BCUT2D eigenvalue weighted by Crippen LogP contribution is 2.27. The fourth-order valence-electron chi connectivity index (χ4n) is 4.39. The lowest BCUT2D eigenvalue weighted by molar-refractivity contribution is -0.138. The standard InChI is InChI=1S/C24H29ClN2O2/c1-17-7-9-21(25)16-23(17)26-11-13-27(14-12-26)24(28)18(2)29-22-10-8-19-5-3-4-6-20(19)15-22/h7-10,15-16,18H,3-6,11-14H2,1-2H3/t18-/m0/s1. The minimum absolute atomic E-state index is 0.0604. The Bertz CT molecular complexity index is 890. The summed E-state index contributed by atoms with van der Waals surface area (Å²) in [5.74, 6) is 0.866. The van der Waals surface area contributed by atoms with Gasteiger partial charge in [0.25, 0.3) is 5.91 Å². The van der Waals surface area contributed by atoms with E-state index in [1.807, 2.05) is 36.1 Å². The van der Waals surface area contributed by atoms with Crippen LogP contribution in [0.1, 0.15) is 36.5 Å². The second-order valence-electron chi connectivity index (χ2n) is 8.14. The molecule has 4 nitrogen and oxygen atoms in total. The number of hydrogen-bond donors (Lipinski definition) is 0. The predicted molar refractivity (Wildman–Crippen MR) is 118 cm³/mol. The molecule has 1 atom stereocenters. The second-order valence-corrected chi connectivity index (χ2v) is 8.58. The average Bonchev–Trinajstić information content (AvgIpc) is 2.75. The van der Waals surface area contributed by atoms with Crippen LogP contribution in [0, 0.1) is 6.92 Å². The quantitative estimate of drug-likeness (QED) is 0.733. The number of benzene rings is 2. The summed E-state index contributed by atoms with van der Waals surface area (Å²) >= 11 is 6.17. The summed E-state index contributed by atoms with van der Waals surface area (Å²) in [4.78, 5) is 17.1. The number of rotatable bonds is 4. The van der Waals surface area contributed by atoms with E-state index >= 15 is 0 Å². The molecule has 0 aromatic heterocycles. The number of ether oxygens (including phenoxy) is 1. The number of carbonyl (C=O) groups is 1. The normalized spacial score (nSPS) is 17.6. The minimum Gasteiger partial charge on any atom is -0.481 e. The summed E-state index contributed by atoms with van der Waals surface area (Å²) < 4.78 is 6.02. The van der Waals surface area contributed by atoms with Gasteiger partial charge in [0.2, 0.25) is 0 Å². The van der Waals surface area contributed by atoms with Crippen molar-refractivity contribution < 1.29 is 9.53 Å². The van der Waals surface area contributed by atoms with Gasteiger partial charge in [-0.25, -0.2) is 0 Å². The molecule has 4 rings (SSSR count). The van der Waals surface area contributed by atoms with Crippen molar-refractivity contribution in [1.82, 2.24) is 4.90 Å². The zero-order chi connectivity index (χ0) is 20.4. The summed E-state index contributed by atoms with van der Waals surface area (Å²) in [5, 5.41) is 0.746. The number of anilines is 1. The lowest BCUT2D eigenvalue weighted by atomic mass is 9.92. The molecule has 2 aliphatic rings. The molecule has 1 saturated heterocycles. The van der Waals surface area contributed by atoms with E-state index in [1.165, 1.54) is 29.5 Å². The maximum absolute atomic E-state index is 12.9.